The van der Waals surface area contributed by atoms with Gasteiger partial charge in [-0.05, 0) is 24.6 Å². The van der Waals surface area contributed by atoms with Gasteiger partial charge in [-0.1, -0.05) is 31.4 Å². The van der Waals surface area contributed by atoms with E-state index in [0.717, 1.165) is 31.5 Å². The van der Waals surface area contributed by atoms with Crippen LogP contribution >= 0.6 is 11.6 Å². The van der Waals surface area contributed by atoms with Gasteiger partial charge in [-0.2, -0.15) is 0 Å². The number of nitrogens with zero attached hydrogens (tertiary/aromatic N) is 4. The fourth-order valence-corrected chi connectivity index (χ4v) is 2.53. The van der Waals surface area contributed by atoms with Crippen molar-refractivity contribution in [1.82, 2.24) is 19.9 Å². The van der Waals surface area contributed by atoms with E-state index >= 15 is 0 Å². The van der Waals surface area contributed by atoms with Gasteiger partial charge in [-0.25, -0.2) is 24.3 Å². The van der Waals surface area contributed by atoms with Crippen LogP contribution in [-0.4, -0.2) is 19.9 Å². The minimum absolute atomic E-state index is 0.0493. The summed E-state index contributed by atoms with van der Waals surface area (Å²) >= 11 is 5.82. The third-order valence-electron chi connectivity index (χ3n) is 3.61. The number of unbranched alkanes of at least 4 members (excludes halogenated alkanes) is 2. The molecule has 2 heterocycles. The normalized spacial score (nSPS) is 11.0. The zero-order valence-corrected chi connectivity index (χ0v) is 14.0. The zero-order chi connectivity index (χ0) is 16.9. The summed E-state index contributed by atoms with van der Waals surface area (Å²) in [6.07, 6.45) is 7.30. The summed E-state index contributed by atoms with van der Waals surface area (Å²) < 4.78 is 13.3. The molecule has 2 aromatic heterocycles. The predicted molar refractivity (Wildman–Crippen MR) is 93.0 cm³/mol. The van der Waals surface area contributed by atoms with Gasteiger partial charge in [0.2, 0.25) is 0 Å². The largest absolute Gasteiger partial charge is 0.338 e. The van der Waals surface area contributed by atoms with Crippen LogP contribution in [0.1, 0.15) is 32.0 Å². The van der Waals surface area contributed by atoms with E-state index in [4.69, 9.17) is 11.6 Å². The van der Waals surface area contributed by atoms with E-state index in [2.05, 4.69) is 32.2 Å². The van der Waals surface area contributed by atoms with E-state index < -0.39 is 5.82 Å². The van der Waals surface area contributed by atoms with E-state index in [0.29, 0.717) is 22.5 Å². The van der Waals surface area contributed by atoms with Gasteiger partial charge >= 0.3 is 0 Å². The van der Waals surface area contributed by atoms with Crippen LogP contribution in [0.3, 0.4) is 0 Å². The Morgan fingerprint density at radius 3 is 2.83 bits per heavy atom. The number of fused-ring (bicyclic) bond motifs is 1. The monoisotopic (exact) mass is 345 g/mol. The molecule has 0 unspecified atom stereocenters. The van der Waals surface area contributed by atoms with Gasteiger partial charge in [-0.3, -0.25) is 0 Å². The topological polar surface area (TPSA) is 63.6 Å². The molecule has 0 radical (unpaired) electrons. The van der Waals surface area contributed by atoms with Crippen molar-refractivity contribution < 1.29 is 4.39 Å². The smallest absolute Gasteiger partial charge is 0.160 e. The van der Waals surface area contributed by atoms with Crippen molar-refractivity contribution in [2.75, 3.05) is 5.32 Å². The second kappa shape index (κ2) is 7.49. The van der Waals surface area contributed by atoms with Gasteiger partial charge in [0.1, 0.15) is 29.0 Å². The van der Waals surface area contributed by atoms with Gasteiger partial charge < -0.3 is 5.32 Å². The Morgan fingerprint density at radius 1 is 1.17 bits per heavy atom. The molecule has 0 aliphatic rings. The third kappa shape index (κ3) is 3.76. The Labute approximate surface area is 144 Å². The molecule has 124 valence electrons. The molecule has 3 rings (SSSR count). The number of anilines is 2. The van der Waals surface area contributed by atoms with Crippen LogP contribution in [0.4, 0.5) is 15.9 Å². The van der Waals surface area contributed by atoms with Crippen LogP contribution < -0.4 is 5.32 Å². The average Bonchev–Trinajstić information content (AvgIpc) is 2.59. The maximum atomic E-state index is 13.3. The molecular formula is C17H17ClFN5. The first-order valence-electron chi connectivity index (χ1n) is 7.86. The molecular weight excluding hydrogens is 329 g/mol. The molecule has 3 aromatic rings. The summed E-state index contributed by atoms with van der Waals surface area (Å²) in [5, 5.41) is 3.17. The van der Waals surface area contributed by atoms with Crippen molar-refractivity contribution in [1.29, 1.82) is 0 Å². The van der Waals surface area contributed by atoms with Gasteiger partial charge in [-0.15, -0.1) is 0 Å². The van der Waals surface area contributed by atoms with Crippen LogP contribution in [0.2, 0.25) is 5.02 Å². The Balaban J connectivity index is 1.91. The number of hydrogen-bond acceptors (Lipinski definition) is 5. The Morgan fingerprint density at radius 2 is 2.04 bits per heavy atom. The minimum Gasteiger partial charge on any atom is -0.338 e. The molecule has 0 bridgehead atoms. The molecule has 0 aliphatic heterocycles. The lowest BCUT2D eigenvalue weighted by Gasteiger charge is -2.09. The lowest BCUT2D eigenvalue weighted by molar-refractivity contribution is 0.628. The third-order valence-corrected chi connectivity index (χ3v) is 3.90. The minimum atomic E-state index is -0.463. The quantitative estimate of drug-likeness (QED) is 0.657. The maximum absolute atomic E-state index is 13.3. The first kappa shape index (κ1) is 16.5. The summed E-state index contributed by atoms with van der Waals surface area (Å²) in [6.45, 7) is 2.16. The molecule has 1 aromatic carbocycles. The fourth-order valence-electron chi connectivity index (χ4n) is 2.35. The molecule has 0 amide bonds. The van der Waals surface area contributed by atoms with Gasteiger partial charge in [0, 0.05) is 12.1 Å². The van der Waals surface area contributed by atoms with Gasteiger partial charge in [0.15, 0.2) is 5.82 Å². The number of benzene rings is 1. The standard InChI is InChI=1S/C17H17ClFN5/c1-2-3-4-5-15-20-9-14-16(24-15)17(22-10-21-14)23-11-6-7-13(19)12(18)8-11/h6-10H,2-5H2,1H3,(H,21,22,23). The molecule has 1 N–H and O–H groups in total. The molecule has 0 spiro atoms. The van der Waals surface area contributed by atoms with Crippen molar-refractivity contribution in [3.8, 4) is 0 Å². The highest BCUT2D eigenvalue weighted by Gasteiger charge is 2.09. The van der Waals surface area contributed by atoms with Crippen LogP contribution in [0.25, 0.3) is 11.0 Å². The van der Waals surface area contributed by atoms with Crippen molar-refractivity contribution in [3.63, 3.8) is 0 Å². The number of aryl methyl sites for hydroxylation is 1. The van der Waals surface area contributed by atoms with Crippen molar-refractivity contribution in [2.24, 2.45) is 0 Å². The highest BCUT2D eigenvalue weighted by molar-refractivity contribution is 6.31. The first-order chi connectivity index (χ1) is 11.7. The second-order valence-corrected chi connectivity index (χ2v) is 5.86. The van der Waals surface area contributed by atoms with E-state index in [1.807, 2.05) is 0 Å². The van der Waals surface area contributed by atoms with Gasteiger partial charge in [0.25, 0.3) is 0 Å². The summed E-state index contributed by atoms with van der Waals surface area (Å²) in [4.78, 5) is 17.4. The molecule has 5 nitrogen and oxygen atoms in total. The molecule has 24 heavy (non-hydrogen) atoms. The number of rotatable bonds is 6. The SMILES string of the molecule is CCCCCc1ncc2ncnc(Nc3ccc(F)c(Cl)c3)c2n1. The highest BCUT2D eigenvalue weighted by atomic mass is 35.5. The molecule has 0 atom stereocenters. The number of halogens is 2. The van der Waals surface area contributed by atoms with Gasteiger partial charge in [0.05, 0.1) is 11.2 Å². The zero-order valence-electron chi connectivity index (χ0n) is 13.3. The molecule has 0 saturated carbocycles. The van der Waals surface area contributed by atoms with E-state index in [9.17, 15) is 4.39 Å². The predicted octanol–water partition coefficient (Wildman–Crippen LogP) is 4.69. The maximum Gasteiger partial charge on any atom is 0.160 e. The lowest BCUT2D eigenvalue weighted by atomic mass is 10.2. The number of hydrogen-bond donors (Lipinski definition) is 1. The van der Waals surface area contributed by atoms with Crippen molar-refractivity contribution in [3.05, 3.63) is 47.4 Å². The summed E-state index contributed by atoms with van der Waals surface area (Å²) in [6, 6.07) is 4.41. The van der Waals surface area contributed by atoms with E-state index in [-0.39, 0.29) is 5.02 Å². The van der Waals surface area contributed by atoms with E-state index in [1.165, 1.54) is 18.5 Å². The van der Waals surface area contributed by atoms with Crippen LogP contribution in [0.5, 0.6) is 0 Å². The second-order valence-electron chi connectivity index (χ2n) is 5.45. The van der Waals surface area contributed by atoms with Crippen LogP contribution in [0, 0.1) is 5.82 Å². The molecule has 0 fully saturated rings. The van der Waals surface area contributed by atoms with E-state index in [1.54, 1.807) is 12.3 Å². The summed E-state index contributed by atoms with van der Waals surface area (Å²) in [5.74, 6) is 0.850. The van der Waals surface area contributed by atoms with Crippen LogP contribution in [-0.2, 0) is 6.42 Å². The Bertz CT molecular complexity index is 856. The summed E-state index contributed by atoms with van der Waals surface area (Å²) in [7, 11) is 0. The Kier molecular flexibility index (Phi) is 5.15. The van der Waals surface area contributed by atoms with Crippen LogP contribution in [0.15, 0.2) is 30.7 Å². The van der Waals surface area contributed by atoms with Crippen molar-refractivity contribution in [2.45, 2.75) is 32.6 Å². The molecule has 0 saturated heterocycles. The lowest BCUT2D eigenvalue weighted by Crippen LogP contribution is -2.02. The highest BCUT2D eigenvalue weighted by Crippen LogP contribution is 2.24. The molecule has 7 heteroatoms. The summed E-state index contributed by atoms with van der Waals surface area (Å²) in [5.41, 5.74) is 1.92. The number of aromatic nitrogens is 4. The first-order valence-corrected chi connectivity index (χ1v) is 8.24. The average molecular weight is 346 g/mol. The number of nitrogens with one attached hydrogen (secondary N) is 1. The van der Waals surface area contributed by atoms with Crippen molar-refractivity contribution >= 4 is 34.1 Å². The fraction of sp³-hybridized carbons (Fsp3) is 0.294. The Hall–Kier alpha value is -2.34. The molecule has 0 aliphatic carbocycles.